The second-order valence-electron chi connectivity index (χ2n) is 3.35. The summed E-state index contributed by atoms with van der Waals surface area (Å²) < 4.78 is 40.9. The Morgan fingerprint density at radius 2 is 2.12 bits per heavy atom. The van der Waals surface area contributed by atoms with Crippen molar-refractivity contribution in [1.82, 2.24) is 0 Å². The van der Waals surface area contributed by atoms with Crippen LogP contribution in [0, 0.1) is 5.82 Å². The Morgan fingerprint density at radius 1 is 1.44 bits per heavy atom. The van der Waals surface area contributed by atoms with Gasteiger partial charge in [-0.25, -0.2) is 12.8 Å². The predicted octanol–water partition coefficient (Wildman–Crippen LogP) is 0.708. The van der Waals surface area contributed by atoms with Gasteiger partial charge in [0, 0.05) is 6.54 Å². The Bertz CT molecular complexity index is 459. The van der Waals surface area contributed by atoms with Gasteiger partial charge in [0.2, 0.25) is 0 Å². The van der Waals surface area contributed by atoms with Crippen LogP contribution in [-0.4, -0.2) is 27.8 Å². The molecule has 0 heterocycles. The molecule has 1 rings (SSSR count). The molecule has 0 saturated heterocycles. The van der Waals surface area contributed by atoms with Gasteiger partial charge in [-0.3, -0.25) is 0 Å². The van der Waals surface area contributed by atoms with Gasteiger partial charge in [0.1, 0.15) is 0 Å². The molecule has 2 N–H and O–H groups in total. The number of hydrogen-bond donors (Lipinski definition) is 1. The van der Waals surface area contributed by atoms with E-state index in [9.17, 15) is 12.8 Å². The maximum absolute atomic E-state index is 13.3. The van der Waals surface area contributed by atoms with E-state index >= 15 is 0 Å². The van der Waals surface area contributed by atoms with Crippen LogP contribution in [0.2, 0.25) is 0 Å². The van der Waals surface area contributed by atoms with Crippen molar-refractivity contribution >= 4 is 9.84 Å². The molecule has 0 aliphatic rings. The average Bonchev–Trinajstić information content (AvgIpc) is 2.17. The van der Waals surface area contributed by atoms with Crippen LogP contribution in [0.15, 0.2) is 18.2 Å². The van der Waals surface area contributed by atoms with Gasteiger partial charge in [-0.2, -0.15) is 0 Å². The van der Waals surface area contributed by atoms with Crippen molar-refractivity contribution in [2.75, 3.05) is 19.4 Å². The van der Waals surface area contributed by atoms with E-state index in [0.29, 0.717) is 5.56 Å². The first-order chi connectivity index (χ1) is 7.48. The molecule has 0 bridgehead atoms. The lowest BCUT2D eigenvalue weighted by Gasteiger charge is -2.05. The summed E-state index contributed by atoms with van der Waals surface area (Å²) in [5, 5.41) is 0. The molecule has 0 aliphatic heterocycles. The fourth-order valence-corrected chi connectivity index (χ4v) is 2.50. The molecule has 0 unspecified atom stereocenters. The van der Waals surface area contributed by atoms with Gasteiger partial charge < -0.3 is 10.5 Å². The van der Waals surface area contributed by atoms with Crippen LogP contribution in [0.25, 0.3) is 0 Å². The van der Waals surface area contributed by atoms with Crippen molar-refractivity contribution in [2.45, 2.75) is 5.75 Å². The van der Waals surface area contributed by atoms with E-state index in [1.165, 1.54) is 19.2 Å². The fourth-order valence-electron chi connectivity index (χ4n) is 1.31. The number of rotatable bonds is 5. The first-order valence-electron chi connectivity index (χ1n) is 4.71. The maximum Gasteiger partial charge on any atom is 0.165 e. The first-order valence-corrected chi connectivity index (χ1v) is 6.53. The fraction of sp³-hybridized carbons (Fsp3) is 0.400. The molecule has 0 radical (unpaired) electrons. The molecule has 0 aliphatic carbocycles. The normalized spacial score (nSPS) is 11.4. The molecular weight excluding hydrogens is 233 g/mol. The van der Waals surface area contributed by atoms with Gasteiger partial charge in [0.05, 0.1) is 18.6 Å². The highest BCUT2D eigenvalue weighted by Gasteiger charge is 2.12. The van der Waals surface area contributed by atoms with Crippen LogP contribution in [0.1, 0.15) is 5.56 Å². The largest absolute Gasteiger partial charge is 0.494 e. The Morgan fingerprint density at radius 3 is 2.62 bits per heavy atom. The summed E-state index contributed by atoms with van der Waals surface area (Å²) in [5.41, 5.74) is 5.57. The monoisotopic (exact) mass is 247 g/mol. The lowest BCUT2D eigenvalue weighted by atomic mass is 10.2. The number of sulfone groups is 1. The summed E-state index contributed by atoms with van der Waals surface area (Å²) in [6.45, 7) is 0.0704. The molecule has 0 atom stereocenters. The third kappa shape index (κ3) is 3.46. The van der Waals surface area contributed by atoms with Gasteiger partial charge in [-0.05, 0) is 17.7 Å². The van der Waals surface area contributed by atoms with Crippen LogP contribution in [0.4, 0.5) is 4.39 Å². The minimum absolute atomic E-state index is 0.0704. The number of methoxy groups -OCH3 is 1. The van der Waals surface area contributed by atoms with Crippen molar-refractivity contribution in [3.05, 3.63) is 29.6 Å². The number of ether oxygens (including phenoxy) is 1. The molecule has 90 valence electrons. The van der Waals surface area contributed by atoms with Crippen LogP contribution < -0.4 is 10.5 Å². The molecule has 4 nitrogen and oxygen atoms in total. The van der Waals surface area contributed by atoms with Crippen molar-refractivity contribution < 1.29 is 17.5 Å². The lowest BCUT2D eigenvalue weighted by molar-refractivity contribution is 0.386. The number of benzene rings is 1. The zero-order chi connectivity index (χ0) is 12.2. The minimum atomic E-state index is -3.25. The van der Waals surface area contributed by atoms with Crippen LogP contribution in [0.5, 0.6) is 5.75 Å². The Labute approximate surface area is 94.1 Å². The molecule has 1 aromatic rings. The number of halogens is 1. The van der Waals surface area contributed by atoms with E-state index < -0.39 is 15.7 Å². The standard InChI is InChI=1S/C10H14FNO3S/c1-15-10-3-2-8(6-9(10)11)7-16(13,14)5-4-12/h2-3,6H,4-5,7,12H2,1H3. The van der Waals surface area contributed by atoms with Gasteiger partial charge in [0.25, 0.3) is 0 Å². The molecule has 0 fully saturated rings. The van der Waals surface area contributed by atoms with E-state index in [4.69, 9.17) is 10.5 Å². The van der Waals surface area contributed by atoms with E-state index in [0.717, 1.165) is 6.07 Å². The smallest absolute Gasteiger partial charge is 0.165 e. The minimum Gasteiger partial charge on any atom is -0.494 e. The van der Waals surface area contributed by atoms with Gasteiger partial charge in [-0.15, -0.1) is 0 Å². The second-order valence-corrected chi connectivity index (χ2v) is 5.53. The van der Waals surface area contributed by atoms with Crippen LogP contribution >= 0.6 is 0 Å². The topological polar surface area (TPSA) is 69.4 Å². The quantitative estimate of drug-likeness (QED) is 0.832. The van der Waals surface area contributed by atoms with Gasteiger partial charge >= 0.3 is 0 Å². The highest BCUT2D eigenvalue weighted by atomic mass is 32.2. The molecule has 0 amide bonds. The van der Waals surface area contributed by atoms with Crippen molar-refractivity contribution in [1.29, 1.82) is 0 Å². The van der Waals surface area contributed by atoms with Crippen molar-refractivity contribution in [3.8, 4) is 5.75 Å². The summed E-state index contributed by atoms with van der Waals surface area (Å²) >= 11 is 0. The number of hydrogen-bond acceptors (Lipinski definition) is 4. The van der Waals surface area contributed by atoms with E-state index in [-0.39, 0.29) is 23.8 Å². The van der Waals surface area contributed by atoms with Crippen LogP contribution in [0.3, 0.4) is 0 Å². The van der Waals surface area contributed by atoms with E-state index in [1.807, 2.05) is 0 Å². The summed E-state index contributed by atoms with van der Waals surface area (Å²) in [5.74, 6) is -0.769. The van der Waals surface area contributed by atoms with Crippen molar-refractivity contribution in [3.63, 3.8) is 0 Å². The third-order valence-electron chi connectivity index (χ3n) is 2.03. The van der Waals surface area contributed by atoms with E-state index in [2.05, 4.69) is 0 Å². The Balaban J connectivity index is 2.87. The zero-order valence-corrected chi connectivity index (χ0v) is 9.76. The molecular formula is C10H14FNO3S. The molecule has 1 aromatic carbocycles. The van der Waals surface area contributed by atoms with Gasteiger partial charge in [-0.1, -0.05) is 6.07 Å². The molecule has 0 saturated carbocycles. The summed E-state index contributed by atoms with van der Waals surface area (Å²) in [6, 6.07) is 4.09. The zero-order valence-electron chi connectivity index (χ0n) is 8.94. The highest BCUT2D eigenvalue weighted by molar-refractivity contribution is 7.90. The maximum atomic E-state index is 13.3. The molecule has 6 heteroatoms. The first kappa shape index (κ1) is 12.9. The summed E-state index contributed by atoms with van der Waals surface area (Å²) in [4.78, 5) is 0. The lowest BCUT2D eigenvalue weighted by Crippen LogP contribution is -2.17. The molecule has 0 spiro atoms. The van der Waals surface area contributed by atoms with Gasteiger partial charge in [0.15, 0.2) is 21.4 Å². The summed E-state index contributed by atoms with van der Waals surface area (Å²) in [7, 11) is -1.90. The van der Waals surface area contributed by atoms with Crippen LogP contribution in [-0.2, 0) is 15.6 Å². The Hall–Kier alpha value is -1.14. The predicted molar refractivity (Wildman–Crippen MR) is 59.5 cm³/mol. The Kier molecular flexibility index (Phi) is 4.26. The van der Waals surface area contributed by atoms with Crippen molar-refractivity contribution in [2.24, 2.45) is 5.73 Å². The molecule has 16 heavy (non-hydrogen) atoms. The summed E-state index contributed by atoms with van der Waals surface area (Å²) in [6.07, 6.45) is 0. The highest BCUT2D eigenvalue weighted by Crippen LogP contribution is 2.19. The second kappa shape index (κ2) is 5.27. The third-order valence-corrected chi connectivity index (χ3v) is 3.66. The molecule has 0 aromatic heterocycles. The van der Waals surface area contributed by atoms with E-state index in [1.54, 1.807) is 0 Å². The average molecular weight is 247 g/mol. The number of nitrogens with two attached hydrogens (primary N) is 1. The SMILES string of the molecule is COc1ccc(CS(=O)(=O)CCN)cc1F.